The molecule has 16 heavy (non-hydrogen) atoms. The summed E-state index contributed by atoms with van der Waals surface area (Å²) in [6.45, 7) is 9.67. The molecule has 1 N–H and O–H groups in total. The van der Waals surface area contributed by atoms with E-state index in [1.807, 2.05) is 3.33 Å². The van der Waals surface area contributed by atoms with Crippen LogP contribution < -0.4 is 3.30 Å². The second-order valence-corrected chi connectivity index (χ2v) is 30.1. The average Bonchev–Trinajstić information content (AvgIpc) is 2.65. The molecule has 0 heterocycles. The predicted molar refractivity (Wildman–Crippen MR) is 78.1 cm³/mol. The molecule has 1 aliphatic carbocycles. The molecule has 1 atom stereocenters. The monoisotopic (exact) mass is 448 g/mol. The average molecular weight is 448 g/mol. The Morgan fingerprint density at radius 1 is 1.44 bits per heavy atom. The summed E-state index contributed by atoms with van der Waals surface area (Å²) in [4.78, 5) is 0. The molecule has 1 nitrogen and oxygen atoms in total. The van der Waals surface area contributed by atoms with Gasteiger partial charge in [0.15, 0.2) is 0 Å². The van der Waals surface area contributed by atoms with Crippen molar-refractivity contribution >= 4 is 30.8 Å². The summed E-state index contributed by atoms with van der Waals surface area (Å²) in [5.41, 5.74) is 0. The first-order valence-corrected chi connectivity index (χ1v) is 18.3. The second kappa shape index (κ2) is 10.1. The van der Waals surface area contributed by atoms with Crippen molar-refractivity contribution < 1.29 is 20.9 Å². The summed E-state index contributed by atoms with van der Waals surface area (Å²) in [5, 5.41) is 0. The number of hydrogen-bond donors (Lipinski definition) is 1. The summed E-state index contributed by atoms with van der Waals surface area (Å²) in [6, 6.07) is 0.744. The van der Waals surface area contributed by atoms with Crippen molar-refractivity contribution in [3.8, 4) is 0 Å². The van der Waals surface area contributed by atoms with E-state index >= 15 is 0 Å². The Morgan fingerprint density at radius 3 is 2.44 bits per heavy atom. The van der Waals surface area contributed by atoms with Crippen molar-refractivity contribution in [3.63, 3.8) is 0 Å². The van der Waals surface area contributed by atoms with Gasteiger partial charge in [-0.1, -0.05) is 0 Å². The minimum atomic E-state index is -1.52. The van der Waals surface area contributed by atoms with Crippen LogP contribution in [0.5, 0.6) is 0 Å². The molecule has 1 unspecified atom stereocenters. The fourth-order valence-corrected chi connectivity index (χ4v) is 23.9. The SMILES string of the molecule is CCC(C)[NH][Hf]([C]1=CC=CC1)[SiH](C)C.Cl.Cl. The molecule has 0 aromatic carbocycles. The van der Waals surface area contributed by atoms with Crippen molar-refractivity contribution in [3.05, 3.63) is 21.6 Å². The van der Waals surface area contributed by atoms with E-state index in [4.69, 9.17) is 0 Å². The van der Waals surface area contributed by atoms with Gasteiger partial charge in [-0.3, -0.25) is 0 Å². The van der Waals surface area contributed by atoms with Gasteiger partial charge in [-0.05, 0) is 0 Å². The van der Waals surface area contributed by atoms with Crippen LogP contribution in [0.2, 0.25) is 13.1 Å². The fraction of sp³-hybridized carbons (Fsp3) is 0.636. The van der Waals surface area contributed by atoms with Gasteiger partial charge in [0.05, 0.1) is 0 Å². The molecule has 0 fully saturated rings. The van der Waals surface area contributed by atoms with Crippen molar-refractivity contribution in [1.29, 1.82) is 0 Å². The molecule has 0 aromatic heterocycles. The molecule has 0 amide bonds. The molecular formula is C11H24Cl2HfNSi. The maximum Gasteiger partial charge on any atom is -0.147 e. The van der Waals surface area contributed by atoms with Gasteiger partial charge < -0.3 is 0 Å². The van der Waals surface area contributed by atoms with Crippen LogP contribution in [0.3, 0.4) is 0 Å². The van der Waals surface area contributed by atoms with Crippen LogP contribution >= 0.6 is 24.8 Å². The molecule has 0 saturated heterocycles. The minimum absolute atomic E-state index is 0. The van der Waals surface area contributed by atoms with Crippen molar-refractivity contribution in [2.75, 3.05) is 0 Å². The third-order valence-electron chi connectivity index (χ3n) is 2.71. The topological polar surface area (TPSA) is 12.0 Å². The predicted octanol–water partition coefficient (Wildman–Crippen LogP) is 3.58. The van der Waals surface area contributed by atoms with Crippen LogP contribution in [-0.2, 0) is 20.9 Å². The Bertz CT molecular complexity index is 244. The molecule has 0 saturated carbocycles. The van der Waals surface area contributed by atoms with Crippen LogP contribution in [0.1, 0.15) is 26.7 Å². The third-order valence-corrected chi connectivity index (χ3v) is 27.4. The summed E-state index contributed by atoms with van der Waals surface area (Å²) in [7, 11) is 0. The van der Waals surface area contributed by atoms with E-state index in [0.29, 0.717) is 0 Å². The van der Waals surface area contributed by atoms with Crippen molar-refractivity contribution in [2.24, 2.45) is 0 Å². The molecule has 0 aromatic rings. The van der Waals surface area contributed by atoms with Gasteiger partial charge in [-0.25, -0.2) is 0 Å². The quantitative estimate of drug-likeness (QED) is 0.635. The van der Waals surface area contributed by atoms with Crippen LogP contribution in [0.4, 0.5) is 0 Å². The van der Waals surface area contributed by atoms with Crippen LogP contribution in [0.25, 0.3) is 0 Å². The zero-order chi connectivity index (χ0) is 10.6. The van der Waals surface area contributed by atoms with Gasteiger partial charge in [0.2, 0.25) is 0 Å². The first-order valence-electron chi connectivity index (χ1n) is 5.64. The first-order chi connectivity index (χ1) is 6.65. The molecular weight excluding hydrogens is 424 g/mol. The minimum Gasteiger partial charge on any atom is -0.147 e. The number of allylic oxidation sites excluding steroid dienone is 4. The van der Waals surface area contributed by atoms with E-state index in [1.165, 1.54) is 12.8 Å². The Hall–Kier alpha value is 1.11. The van der Waals surface area contributed by atoms with Gasteiger partial charge in [0.1, 0.15) is 0 Å². The molecule has 1 rings (SSSR count). The number of halogens is 2. The van der Waals surface area contributed by atoms with Gasteiger partial charge in [0.25, 0.3) is 0 Å². The van der Waals surface area contributed by atoms with Crippen molar-refractivity contribution in [2.45, 2.75) is 45.8 Å². The molecule has 0 bridgehead atoms. The normalized spacial score (nSPS) is 15.2. The Kier molecular flexibility index (Phi) is 12.2. The number of rotatable bonds is 5. The largest absolute Gasteiger partial charge is 0.147 e. The van der Waals surface area contributed by atoms with Gasteiger partial charge >= 0.3 is 97.6 Å². The molecule has 1 aliphatic rings. The first kappa shape index (κ1) is 19.4. The molecule has 0 radical (unpaired) electrons. The Morgan fingerprint density at radius 2 is 2.06 bits per heavy atom. The summed E-state index contributed by atoms with van der Waals surface area (Å²) in [6.07, 6.45) is 9.49. The van der Waals surface area contributed by atoms with E-state index in [-0.39, 0.29) is 24.8 Å². The maximum atomic E-state index is 3.97. The summed E-state index contributed by atoms with van der Waals surface area (Å²) >= 11 is -1.52. The second-order valence-electron chi connectivity index (χ2n) is 4.35. The zero-order valence-corrected chi connectivity index (χ0v) is 17.0. The van der Waals surface area contributed by atoms with E-state index < -0.39 is 26.9 Å². The zero-order valence-electron chi connectivity index (χ0n) is 10.6. The van der Waals surface area contributed by atoms with E-state index in [9.17, 15) is 0 Å². The smallest absolute Gasteiger partial charge is 0.147 e. The van der Waals surface area contributed by atoms with Gasteiger partial charge in [-0.2, -0.15) is 0 Å². The van der Waals surface area contributed by atoms with Crippen LogP contribution in [-0.4, -0.2) is 12.0 Å². The molecule has 0 spiro atoms. The fourth-order valence-electron chi connectivity index (χ4n) is 1.64. The van der Waals surface area contributed by atoms with E-state index in [1.54, 1.807) is 0 Å². The summed E-state index contributed by atoms with van der Waals surface area (Å²) in [5.74, 6) is -0.415. The van der Waals surface area contributed by atoms with Crippen molar-refractivity contribution in [1.82, 2.24) is 3.30 Å². The van der Waals surface area contributed by atoms with E-state index in [2.05, 4.69) is 48.5 Å². The number of nitrogens with one attached hydrogen (secondary N) is 1. The molecule has 5 heteroatoms. The molecule has 95 valence electrons. The van der Waals surface area contributed by atoms with Gasteiger partial charge in [0, 0.05) is 0 Å². The van der Waals surface area contributed by atoms with Crippen LogP contribution in [0.15, 0.2) is 21.6 Å². The summed E-state index contributed by atoms with van der Waals surface area (Å²) < 4.78 is 5.79. The third kappa shape index (κ3) is 6.15. The number of hydrogen-bond acceptors (Lipinski definition) is 1. The standard InChI is InChI=1S/C5H5.C4H10N.C2H7Si.2ClH.Hf/c1-2-4-5-3-1;1-3-4(2)5;1-3-2;;;/h1-3H,4H2;4-5H,3H2,1-2H3;3H,1-2H3;2*1H;/q;-1;;;;+1. The Balaban J connectivity index is 0. The maximum absolute atomic E-state index is 3.97. The molecule has 0 aliphatic heterocycles. The van der Waals surface area contributed by atoms with E-state index in [0.717, 1.165) is 6.04 Å². The van der Waals surface area contributed by atoms with Crippen LogP contribution in [0, 0.1) is 0 Å². The van der Waals surface area contributed by atoms with Gasteiger partial charge in [-0.15, -0.1) is 24.8 Å². The Labute approximate surface area is 121 Å².